The predicted octanol–water partition coefficient (Wildman–Crippen LogP) is 3.99. The van der Waals surface area contributed by atoms with E-state index in [0.717, 1.165) is 27.1 Å². The maximum absolute atomic E-state index is 12.2. The van der Waals surface area contributed by atoms with E-state index in [2.05, 4.69) is 40.8 Å². The second-order valence-corrected chi connectivity index (χ2v) is 7.22. The van der Waals surface area contributed by atoms with Crippen molar-refractivity contribution in [3.63, 3.8) is 0 Å². The molecule has 26 heavy (non-hydrogen) atoms. The number of benzene rings is 3. The van der Waals surface area contributed by atoms with Gasteiger partial charge in [0.1, 0.15) is 5.37 Å². The van der Waals surface area contributed by atoms with Gasteiger partial charge in [0, 0.05) is 19.4 Å². The molecular formula is C20H17N3O2S. The third kappa shape index (κ3) is 2.82. The number of rotatable bonds is 1. The molecule has 0 aliphatic carbocycles. The van der Waals surface area contributed by atoms with Crippen molar-refractivity contribution >= 4 is 50.3 Å². The molecule has 0 aromatic heterocycles. The molecule has 2 amide bonds. The van der Waals surface area contributed by atoms with Gasteiger partial charge in [0.15, 0.2) is 5.17 Å². The van der Waals surface area contributed by atoms with Crippen LogP contribution in [-0.4, -0.2) is 22.0 Å². The lowest BCUT2D eigenvalue weighted by Gasteiger charge is -2.22. The molecule has 0 radical (unpaired) electrons. The van der Waals surface area contributed by atoms with Crippen molar-refractivity contribution in [2.75, 3.05) is 0 Å². The van der Waals surface area contributed by atoms with Crippen LogP contribution >= 0.6 is 11.8 Å². The zero-order valence-electron chi connectivity index (χ0n) is 14.4. The van der Waals surface area contributed by atoms with Gasteiger partial charge < -0.3 is 5.32 Å². The number of hydrogen-bond donors (Lipinski definition) is 1. The first-order valence-corrected chi connectivity index (χ1v) is 9.15. The zero-order chi connectivity index (χ0) is 18.3. The van der Waals surface area contributed by atoms with Gasteiger partial charge in [0.05, 0.1) is 0 Å². The van der Waals surface area contributed by atoms with Gasteiger partial charge in [0.2, 0.25) is 11.8 Å². The molecule has 0 spiro atoms. The molecule has 1 aliphatic heterocycles. The maximum Gasteiger partial charge on any atom is 0.241 e. The summed E-state index contributed by atoms with van der Waals surface area (Å²) in [6.45, 7) is 2.92. The van der Waals surface area contributed by atoms with Crippen LogP contribution in [0.5, 0.6) is 0 Å². The molecule has 0 saturated carbocycles. The minimum absolute atomic E-state index is 0.167. The van der Waals surface area contributed by atoms with E-state index in [9.17, 15) is 9.59 Å². The lowest BCUT2D eigenvalue weighted by molar-refractivity contribution is -0.129. The van der Waals surface area contributed by atoms with E-state index in [1.165, 1.54) is 30.6 Å². The molecule has 0 saturated heterocycles. The maximum atomic E-state index is 12.2. The Labute approximate surface area is 155 Å². The first-order chi connectivity index (χ1) is 12.5. The summed E-state index contributed by atoms with van der Waals surface area (Å²) in [6, 6.07) is 18.4. The molecule has 6 heteroatoms. The number of carbonyl (C=O) groups is 2. The summed E-state index contributed by atoms with van der Waals surface area (Å²) in [5, 5.41) is 13.0. The van der Waals surface area contributed by atoms with E-state index < -0.39 is 0 Å². The summed E-state index contributed by atoms with van der Waals surface area (Å²) < 4.78 is 0. The van der Waals surface area contributed by atoms with Crippen LogP contribution in [0.4, 0.5) is 0 Å². The van der Waals surface area contributed by atoms with Gasteiger partial charge in [-0.3, -0.25) is 9.59 Å². The first-order valence-electron chi connectivity index (χ1n) is 8.27. The van der Waals surface area contributed by atoms with Crippen molar-refractivity contribution in [2.45, 2.75) is 19.2 Å². The average molecular weight is 363 g/mol. The van der Waals surface area contributed by atoms with Crippen molar-refractivity contribution in [1.82, 2.24) is 10.3 Å². The Kier molecular flexibility index (Phi) is 4.12. The lowest BCUT2D eigenvalue weighted by atomic mass is 9.96. The summed E-state index contributed by atoms with van der Waals surface area (Å²) in [5.41, 5.74) is 1.03. The quantitative estimate of drug-likeness (QED) is 0.665. The standard InChI is InChI=1S/C20H17N3O2S/c1-12(24)21-20-22-23(13(2)25)19(26-20)18-16-9-5-3-7-14(16)11-15-8-4-6-10-17(15)18/h3-11,19H,1-2H3,(H,21,22,24)/t19-/m0/s1. The highest BCUT2D eigenvalue weighted by Crippen LogP contribution is 2.44. The van der Waals surface area contributed by atoms with Crippen LogP contribution in [0, 0.1) is 0 Å². The van der Waals surface area contributed by atoms with Gasteiger partial charge in [-0.15, -0.1) is 5.10 Å². The van der Waals surface area contributed by atoms with Crippen LogP contribution in [0.2, 0.25) is 0 Å². The fraction of sp³-hybridized carbons (Fsp3) is 0.150. The molecule has 0 fully saturated rings. The van der Waals surface area contributed by atoms with Gasteiger partial charge in [-0.2, -0.15) is 0 Å². The van der Waals surface area contributed by atoms with Crippen molar-refractivity contribution in [3.8, 4) is 0 Å². The molecule has 3 aromatic rings. The highest BCUT2D eigenvalue weighted by Gasteiger charge is 2.34. The van der Waals surface area contributed by atoms with Crippen LogP contribution in [0.15, 0.2) is 59.7 Å². The number of nitrogens with zero attached hydrogens (tertiary/aromatic N) is 2. The molecule has 1 heterocycles. The second kappa shape index (κ2) is 6.46. The van der Waals surface area contributed by atoms with E-state index >= 15 is 0 Å². The normalized spacial score (nSPS) is 16.8. The lowest BCUT2D eigenvalue weighted by Crippen LogP contribution is -2.25. The number of hydrogen-bond acceptors (Lipinski definition) is 4. The zero-order valence-corrected chi connectivity index (χ0v) is 15.2. The molecule has 3 aromatic carbocycles. The smallest absolute Gasteiger partial charge is 0.241 e. The Morgan fingerprint density at radius 3 is 2.12 bits per heavy atom. The summed E-state index contributed by atoms with van der Waals surface area (Å²) in [7, 11) is 0. The number of carbonyl (C=O) groups excluding carboxylic acids is 2. The third-order valence-electron chi connectivity index (χ3n) is 4.31. The minimum atomic E-state index is -0.328. The molecule has 1 atom stereocenters. The summed E-state index contributed by atoms with van der Waals surface area (Å²) in [6.07, 6.45) is 0. The van der Waals surface area contributed by atoms with Gasteiger partial charge in [0.25, 0.3) is 0 Å². The predicted molar refractivity (Wildman–Crippen MR) is 106 cm³/mol. The fourth-order valence-electron chi connectivity index (χ4n) is 3.27. The highest BCUT2D eigenvalue weighted by molar-refractivity contribution is 8.14. The number of fused-ring (bicyclic) bond motifs is 2. The SMILES string of the molecule is CC(=O)NC1=NN(C(C)=O)[C@H](c2c3ccccc3cc3ccccc23)S1. The number of nitrogens with one attached hydrogen (secondary N) is 1. The number of hydrazone groups is 1. The number of amides is 2. The summed E-state index contributed by atoms with van der Waals surface area (Å²) >= 11 is 1.38. The Bertz CT molecular complexity index is 1020. The Morgan fingerprint density at radius 2 is 1.58 bits per heavy atom. The van der Waals surface area contributed by atoms with Crippen LogP contribution in [0.3, 0.4) is 0 Å². The largest absolute Gasteiger partial charge is 0.304 e. The van der Waals surface area contributed by atoms with Gasteiger partial charge in [-0.25, -0.2) is 5.01 Å². The monoisotopic (exact) mass is 363 g/mol. The van der Waals surface area contributed by atoms with Crippen LogP contribution in [-0.2, 0) is 9.59 Å². The van der Waals surface area contributed by atoms with Gasteiger partial charge in [-0.1, -0.05) is 60.3 Å². The molecule has 4 rings (SSSR count). The first kappa shape index (κ1) is 16.6. The van der Waals surface area contributed by atoms with Crippen molar-refractivity contribution in [2.24, 2.45) is 5.10 Å². The van der Waals surface area contributed by atoms with E-state index in [0.29, 0.717) is 5.17 Å². The van der Waals surface area contributed by atoms with Crippen molar-refractivity contribution < 1.29 is 9.59 Å². The third-order valence-corrected chi connectivity index (χ3v) is 5.38. The average Bonchev–Trinajstić information content (AvgIpc) is 3.02. The fourth-order valence-corrected chi connectivity index (χ4v) is 4.48. The van der Waals surface area contributed by atoms with Crippen molar-refractivity contribution in [3.05, 3.63) is 60.2 Å². The van der Waals surface area contributed by atoms with E-state index in [4.69, 9.17) is 0 Å². The minimum Gasteiger partial charge on any atom is -0.304 e. The molecule has 0 bridgehead atoms. The molecule has 0 unspecified atom stereocenters. The van der Waals surface area contributed by atoms with E-state index in [-0.39, 0.29) is 17.2 Å². The van der Waals surface area contributed by atoms with E-state index in [1.54, 1.807) is 0 Å². The van der Waals surface area contributed by atoms with E-state index in [1.807, 2.05) is 24.3 Å². The summed E-state index contributed by atoms with van der Waals surface area (Å²) in [4.78, 5) is 23.7. The second-order valence-electron chi connectivity index (χ2n) is 6.15. The molecule has 1 aliphatic rings. The Hall–Kier alpha value is -2.86. The topological polar surface area (TPSA) is 61.8 Å². The molecule has 130 valence electrons. The molecule has 1 N–H and O–H groups in total. The molecule has 5 nitrogen and oxygen atoms in total. The van der Waals surface area contributed by atoms with Gasteiger partial charge in [-0.05, 0) is 27.6 Å². The van der Waals surface area contributed by atoms with Gasteiger partial charge >= 0.3 is 0 Å². The van der Waals surface area contributed by atoms with Crippen LogP contribution in [0.25, 0.3) is 21.5 Å². The Balaban J connectivity index is 1.94. The van der Waals surface area contributed by atoms with Crippen LogP contribution < -0.4 is 5.32 Å². The highest BCUT2D eigenvalue weighted by atomic mass is 32.2. The van der Waals surface area contributed by atoms with Crippen molar-refractivity contribution in [1.29, 1.82) is 0 Å². The Morgan fingerprint density at radius 1 is 1.00 bits per heavy atom. The molecular weight excluding hydrogens is 346 g/mol. The number of thioether (sulfide) groups is 1. The van der Waals surface area contributed by atoms with Crippen LogP contribution in [0.1, 0.15) is 24.8 Å². The number of amidine groups is 1. The summed E-state index contributed by atoms with van der Waals surface area (Å²) in [5.74, 6) is -0.372.